The Balaban J connectivity index is 2.50. The number of carbonyl (C=O) groups is 1. The molecule has 0 bridgehead atoms. The van der Waals surface area contributed by atoms with E-state index < -0.39 is 16.0 Å². The molecule has 2 aromatic rings. The van der Waals surface area contributed by atoms with Crippen LogP contribution in [0.2, 0.25) is 0 Å². The van der Waals surface area contributed by atoms with Gasteiger partial charge < -0.3 is 14.6 Å². The molecule has 0 fully saturated rings. The molecule has 0 atom stereocenters. The summed E-state index contributed by atoms with van der Waals surface area (Å²) in [4.78, 5) is 10.6. The van der Waals surface area contributed by atoms with Gasteiger partial charge in [-0.25, -0.2) is 8.42 Å². The largest absolute Gasteiger partial charge is 0.545 e. The van der Waals surface area contributed by atoms with Crippen molar-refractivity contribution in [2.45, 2.75) is 31.3 Å². The van der Waals surface area contributed by atoms with Crippen molar-refractivity contribution in [1.29, 1.82) is 0 Å². The SMILES string of the molecule is COc1ccc(/C=C/C(=O)[O-])cc1S(=O)(=O)N(Cc1ccccc1)C(C)C. The first-order valence-corrected chi connectivity index (χ1v) is 9.82. The van der Waals surface area contributed by atoms with Gasteiger partial charge in [0.25, 0.3) is 0 Å². The van der Waals surface area contributed by atoms with Gasteiger partial charge in [-0.1, -0.05) is 42.5 Å². The highest BCUT2D eigenvalue weighted by Gasteiger charge is 2.30. The molecule has 0 aromatic heterocycles. The number of benzene rings is 2. The summed E-state index contributed by atoms with van der Waals surface area (Å²) in [5, 5.41) is 10.6. The topological polar surface area (TPSA) is 86.7 Å². The van der Waals surface area contributed by atoms with E-state index in [4.69, 9.17) is 4.74 Å². The summed E-state index contributed by atoms with van der Waals surface area (Å²) in [5.74, 6) is -1.16. The molecule has 0 saturated heterocycles. The van der Waals surface area contributed by atoms with Crippen molar-refractivity contribution in [3.05, 3.63) is 65.7 Å². The molecule has 2 aromatic carbocycles. The molecule has 0 spiro atoms. The zero-order chi connectivity index (χ0) is 20.0. The van der Waals surface area contributed by atoms with Crippen molar-refractivity contribution in [2.75, 3.05) is 7.11 Å². The highest BCUT2D eigenvalue weighted by molar-refractivity contribution is 7.89. The van der Waals surface area contributed by atoms with Gasteiger partial charge in [-0.15, -0.1) is 0 Å². The first kappa shape index (κ1) is 20.7. The second-order valence-electron chi connectivity index (χ2n) is 6.19. The number of nitrogens with zero attached hydrogens (tertiary/aromatic N) is 1. The van der Waals surface area contributed by atoms with E-state index in [1.54, 1.807) is 19.9 Å². The van der Waals surface area contributed by atoms with E-state index in [1.807, 2.05) is 30.3 Å². The molecular weight excluding hydrogens is 366 g/mol. The highest BCUT2D eigenvalue weighted by atomic mass is 32.2. The number of methoxy groups -OCH3 is 1. The quantitative estimate of drug-likeness (QED) is 0.646. The van der Waals surface area contributed by atoms with Crippen molar-refractivity contribution in [3.8, 4) is 5.75 Å². The monoisotopic (exact) mass is 388 g/mol. The highest BCUT2D eigenvalue weighted by Crippen LogP contribution is 2.30. The van der Waals surface area contributed by atoms with Gasteiger partial charge in [-0.3, -0.25) is 0 Å². The van der Waals surface area contributed by atoms with E-state index in [1.165, 1.54) is 29.6 Å². The Kier molecular flexibility index (Phi) is 6.76. The number of aliphatic carboxylic acids is 1. The Hall–Kier alpha value is -2.64. The summed E-state index contributed by atoms with van der Waals surface area (Å²) in [5.41, 5.74) is 1.28. The van der Waals surface area contributed by atoms with Crippen LogP contribution >= 0.6 is 0 Å². The van der Waals surface area contributed by atoms with Crippen molar-refractivity contribution in [1.82, 2.24) is 4.31 Å². The summed E-state index contributed by atoms with van der Waals surface area (Å²) in [6.07, 6.45) is 2.13. The van der Waals surface area contributed by atoms with Crippen LogP contribution in [0, 0.1) is 0 Å². The first-order valence-electron chi connectivity index (χ1n) is 8.38. The molecule has 0 aliphatic heterocycles. The van der Waals surface area contributed by atoms with Crippen LogP contribution in [0.4, 0.5) is 0 Å². The predicted octanol–water partition coefficient (Wildman–Crippen LogP) is 2.06. The van der Waals surface area contributed by atoms with Crippen molar-refractivity contribution < 1.29 is 23.1 Å². The standard InChI is InChI=1S/C20H23NO5S/c1-15(2)21(14-17-7-5-4-6-8-17)27(24,25)19-13-16(10-12-20(22)23)9-11-18(19)26-3/h4-13,15H,14H2,1-3H3,(H,22,23)/p-1/b12-10+. The maximum atomic E-state index is 13.3. The number of hydrogen-bond donors (Lipinski definition) is 0. The lowest BCUT2D eigenvalue weighted by atomic mass is 10.2. The predicted molar refractivity (Wildman–Crippen MR) is 101 cm³/mol. The number of carbonyl (C=O) groups excluding carboxylic acids is 1. The average molecular weight is 388 g/mol. The van der Waals surface area contributed by atoms with E-state index >= 15 is 0 Å². The maximum Gasteiger partial charge on any atom is 0.247 e. The normalized spacial score (nSPS) is 12.0. The van der Waals surface area contributed by atoms with Crippen LogP contribution in [-0.2, 0) is 21.4 Å². The van der Waals surface area contributed by atoms with Crippen LogP contribution in [0.25, 0.3) is 6.08 Å². The van der Waals surface area contributed by atoms with Crippen molar-refractivity contribution in [2.24, 2.45) is 0 Å². The van der Waals surface area contributed by atoms with Gasteiger partial charge in [0.2, 0.25) is 10.0 Å². The van der Waals surface area contributed by atoms with Gasteiger partial charge in [0.05, 0.1) is 13.1 Å². The molecule has 0 saturated carbocycles. The molecule has 7 heteroatoms. The number of hydrogen-bond acceptors (Lipinski definition) is 5. The third-order valence-electron chi connectivity index (χ3n) is 3.94. The lowest BCUT2D eigenvalue weighted by Crippen LogP contribution is -2.36. The van der Waals surface area contributed by atoms with Crippen LogP contribution in [0.3, 0.4) is 0 Å². The average Bonchev–Trinajstić information content (AvgIpc) is 2.64. The second-order valence-corrected chi connectivity index (χ2v) is 8.05. The molecule has 144 valence electrons. The van der Waals surface area contributed by atoms with Crippen LogP contribution in [0.15, 0.2) is 59.5 Å². The third-order valence-corrected chi connectivity index (χ3v) is 5.99. The lowest BCUT2D eigenvalue weighted by Gasteiger charge is -2.27. The van der Waals surface area contributed by atoms with Crippen LogP contribution in [0.5, 0.6) is 5.75 Å². The maximum absolute atomic E-state index is 13.3. The van der Waals surface area contributed by atoms with E-state index in [9.17, 15) is 18.3 Å². The van der Waals surface area contributed by atoms with Crippen LogP contribution in [-0.4, -0.2) is 31.8 Å². The van der Waals surface area contributed by atoms with Crippen molar-refractivity contribution in [3.63, 3.8) is 0 Å². The fourth-order valence-corrected chi connectivity index (χ4v) is 4.41. The van der Waals surface area contributed by atoms with E-state index in [2.05, 4.69) is 0 Å². The zero-order valence-electron chi connectivity index (χ0n) is 15.5. The smallest absolute Gasteiger partial charge is 0.247 e. The Morgan fingerprint density at radius 2 is 1.85 bits per heavy atom. The van der Waals surface area contributed by atoms with Crippen LogP contribution in [0.1, 0.15) is 25.0 Å². The van der Waals surface area contributed by atoms with Gasteiger partial charge in [-0.05, 0) is 43.2 Å². The number of carboxylic acids is 1. The molecule has 6 nitrogen and oxygen atoms in total. The summed E-state index contributed by atoms with van der Waals surface area (Å²) >= 11 is 0. The van der Waals surface area contributed by atoms with Gasteiger partial charge in [0.15, 0.2) is 0 Å². The van der Waals surface area contributed by atoms with Gasteiger partial charge in [0.1, 0.15) is 10.6 Å². The van der Waals surface area contributed by atoms with Crippen LogP contribution < -0.4 is 9.84 Å². The molecule has 2 rings (SSSR count). The summed E-state index contributed by atoms with van der Waals surface area (Å²) in [7, 11) is -2.50. The number of ether oxygens (including phenoxy) is 1. The fraction of sp³-hybridized carbons (Fsp3) is 0.250. The second kappa shape index (κ2) is 8.83. The molecule has 0 aliphatic carbocycles. The minimum Gasteiger partial charge on any atom is -0.545 e. The number of rotatable bonds is 8. The zero-order valence-corrected chi connectivity index (χ0v) is 16.3. The molecule has 0 heterocycles. The molecule has 0 radical (unpaired) electrons. The Bertz CT molecular complexity index is 921. The van der Waals surface area contributed by atoms with E-state index in [-0.39, 0.29) is 23.2 Å². The Morgan fingerprint density at radius 3 is 2.41 bits per heavy atom. The molecule has 0 amide bonds. The summed E-state index contributed by atoms with van der Waals surface area (Å²) in [6, 6.07) is 13.5. The minimum absolute atomic E-state index is 0.0184. The molecular formula is C20H22NO5S-. The molecule has 0 unspecified atom stereocenters. The Labute approximate surface area is 159 Å². The summed E-state index contributed by atoms with van der Waals surface area (Å²) < 4.78 is 33.3. The molecule has 0 aliphatic rings. The first-order chi connectivity index (χ1) is 12.8. The van der Waals surface area contributed by atoms with E-state index in [0.717, 1.165) is 11.6 Å². The van der Waals surface area contributed by atoms with Gasteiger partial charge in [0, 0.05) is 12.6 Å². The summed E-state index contributed by atoms with van der Waals surface area (Å²) in [6.45, 7) is 3.81. The van der Waals surface area contributed by atoms with Crippen molar-refractivity contribution >= 4 is 22.1 Å². The van der Waals surface area contributed by atoms with E-state index in [0.29, 0.717) is 5.56 Å². The minimum atomic E-state index is -3.89. The van der Waals surface area contributed by atoms with Gasteiger partial charge >= 0.3 is 0 Å². The number of sulfonamides is 1. The molecule has 27 heavy (non-hydrogen) atoms. The van der Waals surface area contributed by atoms with Gasteiger partial charge in [-0.2, -0.15) is 4.31 Å². The Morgan fingerprint density at radius 1 is 1.19 bits per heavy atom. The fourth-order valence-electron chi connectivity index (χ4n) is 2.60. The molecule has 0 N–H and O–H groups in total. The lowest BCUT2D eigenvalue weighted by molar-refractivity contribution is -0.297. The number of carboxylic acid groups (broad SMARTS) is 1. The third kappa shape index (κ3) is 5.18.